The standard InChI is InChI=1S/C27H24BrN3O3/c1-2-16-30(26(33)20-12-9-13-21(28)17-20)18-23(32)24-25(19-10-5-3-6-11-19)29-31(27(24)34)22-14-7-4-8-15-22/h3-15,17,29H,2,16,18H2,1H3. The number of carbonyl (C=O) groups excluding carboxylic acids is 2. The number of aromatic nitrogens is 2. The van der Waals surface area contributed by atoms with Crippen LogP contribution in [0.25, 0.3) is 16.9 Å². The molecule has 0 aliphatic rings. The number of halogens is 1. The Kier molecular flexibility index (Phi) is 7.23. The fraction of sp³-hybridized carbons (Fsp3) is 0.148. The number of amides is 1. The zero-order valence-electron chi connectivity index (χ0n) is 18.7. The van der Waals surface area contributed by atoms with Crippen LogP contribution in [-0.4, -0.2) is 39.5 Å². The molecule has 1 heterocycles. The average Bonchev–Trinajstić information content (AvgIpc) is 3.21. The molecule has 4 rings (SSSR count). The SMILES string of the molecule is CCCN(CC(=O)c1c(-c2ccccc2)[nH]n(-c2ccccc2)c1=O)C(=O)c1cccc(Br)c1. The molecule has 1 aromatic heterocycles. The van der Waals surface area contributed by atoms with Gasteiger partial charge in [0.25, 0.3) is 11.5 Å². The van der Waals surface area contributed by atoms with Gasteiger partial charge in [-0.25, -0.2) is 4.68 Å². The quantitative estimate of drug-likeness (QED) is 0.321. The molecule has 3 aromatic carbocycles. The van der Waals surface area contributed by atoms with E-state index in [1.165, 1.54) is 9.58 Å². The van der Waals surface area contributed by atoms with Gasteiger partial charge in [0.05, 0.1) is 17.9 Å². The number of ketones is 1. The number of hydrogen-bond acceptors (Lipinski definition) is 3. The Morgan fingerprint density at radius 1 is 0.941 bits per heavy atom. The largest absolute Gasteiger partial charge is 0.331 e. The van der Waals surface area contributed by atoms with Crippen LogP contribution in [0.2, 0.25) is 0 Å². The van der Waals surface area contributed by atoms with Gasteiger partial charge in [-0.2, -0.15) is 0 Å². The van der Waals surface area contributed by atoms with E-state index in [1.807, 2.05) is 61.5 Å². The Bertz CT molecular complexity index is 1360. The van der Waals surface area contributed by atoms with Crippen LogP contribution in [0.15, 0.2) is 94.2 Å². The molecule has 0 saturated carbocycles. The molecule has 0 saturated heterocycles. The number of nitrogens with zero attached hydrogens (tertiary/aromatic N) is 2. The summed E-state index contributed by atoms with van der Waals surface area (Å²) in [5.41, 5.74) is 1.86. The van der Waals surface area contributed by atoms with E-state index < -0.39 is 11.3 Å². The molecule has 0 aliphatic carbocycles. The van der Waals surface area contributed by atoms with E-state index in [0.29, 0.717) is 29.9 Å². The number of benzene rings is 3. The van der Waals surface area contributed by atoms with Crippen molar-refractivity contribution in [3.05, 3.63) is 111 Å². The Morgan fingerprint density at radius 3 is 2.26 bits per heavy atom. The van der Waals surface area contributed by atoms with Gasteiger partial charge in [-0.05, 0) is 36.8 Å². The topological polar surface area (TPSA) is 75.2 Å². The third kappa shape index (κ3) is 4.94. The molecule has 0 spiro atoms. The van der Waals surface area contributed by atoms with E-state index in [2.05, 4.69) is 21.0 Å². The van der Waals surface area contributed by atoms with Gasteiger partial charge in [0.15, 0.2) is 5.78 Å². The van der Waals surface area contributed by atoms with Crippen molar-refractivity contribution in [2.45, 2.75) is 13.3 Å². The van der Waals surface area contributed by atoms with Crippen molar-refractivity contribution in [3.8, 4) is 16.9 Å². The second kappa shape index (κ2) is 10.5. The summed E-state index contributed by atoms with van der Waals surface area (Å²) in [6, 6.07) is 25.4. The van der Waals surface area contributed by atoms with Crippen LogP contribution < -0.4 is 5.56 Å². The molecule has 172 valence electrons. The first kappa shape index (κ1) is 23.4. The van der Waals surface area contributed by atoms with Gasteiger partial charge in [-0.15, -0.1) is 0 Å². The van der Waals surface area contributed by atoms with E-state index in [-0.39, 0.29) is 18.0 Å². The Balaban J connectivity index is 1.75. The molecule has 0 fully saturated rings. The average molecular weight is 518 g/mol. The molecule has 4 aromatic rings. The first-order valence-corrected chi connectivity index (χ1v) is 11.8. The van der Waals surface area contributed by atoms with Crippen molar-refractivity contribution in [3.63, 3.8) is 0 Å². The zero-order chi connectivity index (χ0) is 24.1. The maximum Gasteiger partial charge on any atom is 0.282 e. The molecule has 0 aliphatic heterocycles. The van der Waals surface area contributed by atoms with Crippen LogP contribution in [0, 0.1) is 0 Å². The molecule has 0 bridgehead atoms. The summed E-state index contributed by atoms with van der Waals surface area (Å²) in [6.45, 7) is 2.15. The maximum atomic E-state index is 13.6. The highest BCUT2D eigenvalue weighted by Crippen LogP contribution is 2.22. The molecule has 0 atom stereocenters. The molecular formula is C27H24BrN3O3. The fourth-order valence-electron chi connectivity index (χ4n) is 3.85. The summed E-state index contributed by atoms with van der Waals surface area (Å²) in [5.74, 6) is -0.664. The third-order valence-electron chi connectivity index (χ3n) is 5.43. The minimum absolute atomic E-state index is 0.0400. The van der Waals surface area contributed by atoms with E-state index >= 15 is 0 Å². The van der Waals surface area contributed by atoms with Gasteiger partial charge in [0, 0.05) is 22.1 Å². The van der Waals surface area contributed by atoms with Crippen LogP contribution in [0.4, 0.5) is 0 Å². The van der Waals surface area contributed by atoms with Gasteiger partial charge >= 0.3 is 0 Å². The minimum Gasteiger partial charge on any atom is -0.331 e. The normalized spacial score (nSPS) is 10.8. The van der Waals surface area contributed by atoms with Crippen molar-refractivity contribution in [2.75, 3.05) is 13.1 Å². The van der Waals surface area contributed by atoms with Crippen LogP contribution in [0.3, 0.4) is 0 Å². The first-order chi connectivity index (χ1) is 16.5. The number of carbonyl (C=O) groups is 2. The molecule has 0 radical (unpaired) electrons. The van der Waals surface area contributed by atoms with Crippen LogP contribution >= 0.6 is 15.9 Å². The molecular weight excluding hydrogens is 494 g/mol. The van der Waals surface area contributed by atoms with E-state index in [9.17, 15) is 14.4 Å². The molecule has 6 nitrogen and oxygen atoms in total. The lowest BCUT2D eigenvalue weighted by molar-refractivity contribution is 0.0709. The molecule has 1 N–H and O–H groups in total. The lowest BCUT2D eigenvalue weighted by Gasteiger charge is -2.21. The van der Waals surface area contributed by atoms with Gasteiger partial charge in [0.2, 0.25) is 0 Å². The van der Waals surface area contributed by atoms with E-state index in [4.69, 9.17) is 0 Å². The predicted molar refractivity (Wildman–Crippen MR) is 136 cm³/mol. The van der Waals surface area contributed by atoms with Crippen molar-refractivity contribution in [1.82, 2.24) is 14.7 Å². The van der Waals surface area contributed by atoms with E-state index in [0.717, 1.165) is 10.0 Å². The number of Topliss-reactive ketones (excluding diaryl/α,β-unsaturated/α-hetero) is 1. The third-order valence-corrected chi connectivity index (χ3v) is 5.93. The zero-order valence-corrected chi connectivity index (χ0v) is 20.3. The number of H-pyrrole nitrogens is 1. The van der Waals surface area contributed by atoms with Crippen LogP contribution in [0.1, 0.15) is 34.1 Å². The van der Waals surface area contributed by atoms with Gasteiger partial charge in [-0.3, -0.25) is 19.5 Å². The van der Waals surface area contributed by atoms with Crippen LogP contribution in [0.5, 0.6) is 0 Å². The molecule has 7 heteroatoms. The van der Waals surface area contributed by atoms with E-state index in [1.54, 1.807) is 30.3 Å². The van der Waals surface area contributed by atoms with Crippen molar-refractivity contribution < 1.29 is 9.59 Å². The monoisotopic (exact) mass is 517 g/mol. The highest BCUT2D eigenvalue weighted by Gasteiger charge is 2.26. The lowest BCUT2D eigenvalue weighted by atomic mass is 10.0. The molecule has 0 unspecified atom stereocenters. The summed E-state index contributed by atoms with van der Waals surface area (Å²) in [6.07, 6.45) is 0.681. The van der Waals surface area contributed by atoms with Crippen molar-refractivity contribution >= 4 is 27.6 Å². The van der Waals surface area contributed by atoms with Crippen molar-refractivity contribution in [2.24, 2.45) is 0 Å². The second-order valence-electron chi connectivity index (χ2n) is 7.86. The van der Waals surface area contributed by atoms with Gasteiger partial charge in [-0.1, -0.05) is 77.5 Å². The van der Waals surface area contributed by atoms with Crippen LogP contribution in [-0.2, 0) is 0 Å². The smallest absolute Gasteiger partial charge is 0.282 e. The first-order valence-electron chi connectivity index (χ1n) is 11.0. The number of hydrogen-bond donors (Lipinski definition) is 1. The summed E-state index contributed by atoms with van der Waals surface area (Å²) in [7, 11) is 0. The fourth-order valence-corrected chi connectivity index (χ4v) is 4.25. The number of aromatic amines is 1. The summed E-state index contributed by atoms with van der Waals surface area (Å²) >= 11 is 3.39. The number of nitrogens with one attached hydrogen (secondary N) is 1. The van der Waals surface area contributed by atoms with Crippen molar-refractivity contribution in [1.29, 1.82) is 0 Å². The second-order valence-corrected chi connectivity index (χ2v) is 8.78. The highest BCUT2D eigenvalue weighted by molar-refractivity contribution is 9.10. The predicted octanol–water partition coefficient (Wildman–Crippen LogP) is 5.33. The molecule has 34 heavy (non-hydrogen) atoms. The summed E-state index contributed by atoms with van der Waals surface area (Å²) in [4.78, 5) is 41.7. The van der Waals surface area contributed by atoms with Gasteiger partial charge in [0.1, 0.15) is 5.56 Å². The summed E-state index contributed by atoms with van der Waals surface area (Å²) < 4.78 is 2.15. The summed E-state index contributed by atoms with van der Waals surface area (Å²) in [5, 5.41) is 3.11. The molecule has 1 amide bonds. The maximum absolute atomic E-state index is 13.6. The number of rotatable bonds is 8. The Labute approximate surface area is 206 Å². The Hall–Kier alpha value is -3.71. The highest BCUT2D eigenvalue weighted by atomic mass is 79.9. The number of para-hydroxylation sites is 1. The lowest BCUT2D eigenvalue weighted by Crippen LogP contribution is -2.37. The van der Waals surface area contributed by atoms with Gasteiger partial charge < -0.3 is 4.90 Å². The Morgan fingerprint density at radius 2 is 1.62 bits per heavy atom. The minimum atomic E-state index is -0.443.